The van der Waals surface area contributed by atoms with E-state index in [0.717, 1.165) is 6.42 Å². The lowest BCUT2D eigenvalue weighted by atomic mass is 9.83. The van der Waals surface area contributed by atoms with Crippen molar-refractivity contribution in [2.24, 2.45) is 23.7 Å². The van der Waals surface area contributed by atoms with E-state index in [0.29, 0.717) is 6.61 Å². The van der Waals surface area contributed by atoms with Gasteiger partial charge in [0.15, 0.2) is 0 Å². The van der Waals surface area contributed by atoms with E-state index in [1.165, 1.54) is 0 Å². The molecule has 0 aromatic heterocycles. The van der Waals surface area contributed by atoms with E-state index in [1.54, 1.807) is 6.92 Å². The summed E-state index contributed by atoms with van der Waals surface area (Å²) < 4.78 is 9.99. The van der Waals surface area contributed by atoms with Crippen LogP contribution in [0.5, 0.6) is 0 Å². The summed E-state index contributed by atoms with van der Waals surface area (Å²) in [5.74, 6) is -1.45. The van der Waals surface area contributed by atoms with Gasteiger partial charge >= 0.3 is 11.9 Å². The Balaban J connectivity index is 2.09. The fourth-order valence-electron chi connectivity index (χ4n) is 2.95. The van der Waals surface area contributed by atoms with E-state index in [-0.39, 0.29) is 31.0 Å². The number of carbonyl (C=O) groups is 2. The zero-order chi connectivity index (χ0) is 13.1. The molecule has 100 valence electrons. The van der Waals surface area contributed by atoms with Gasteiger partial charge in [-0.3, -0.25) is 9.59 Å². The monoisotopic (exact) mass is 254 g/mol. The van der Waals surface area contributed by atoms with Crippen molar-refractivity contribution in [1.82, 2.24) is 0 Å². The number of esters is 2. The van der Waals surface area contributed by atoms with E-state index in [1.807, 2.05) is 12.2 Å². The SMILES string of the molecule is CCOC(=O)[C@H]1[C@H](C(=O)OCCO)[C@H]2C=C[C@@H]1C2. The minimum absolute atomic E-state index is 0.0218. The van der Waals surface area contributed by atoms with Crippen LogP contribution in [0, 0.1) is 23.7 Å². The Morgan fingerprint density at radius 3 is 2.22 bits per heavy atom. The summed E-state index contributed by atoms with van der Waals surface area (Å²) in [5, 5.41) is 8.67. The first-order valence-electron chi connectivity index (χ1n) is 6.31. The van der Waals surface area contributed by atoms with Crippen LogP contribution >= 0.6 is 0 Å². The first kappa shape index (κ1) is 13.1. The number of hydrogen-bond acceptors (Lipinski definition) is 5. The van der Waals surface area contributed by atoms with Gasteiger partial charge in [-0.2, -0.15) is 0 Å². The molecule has 18 heavy (non-hydrogen) atoms. The summed E-state index contributed by atoms with van der Waals surface area (Å²) in [6.07, 6.45) is 4.77. The average molecular weight is 254 g/mol. The summed E-state index contributed by atoms with van der Waals surface area (Å²) in [7, 11) is 0. The maximum absolute atomic E-state index is 11.9. The fourth-order valence-corrected chi connectivity index (χ4v) is 2.95. The Labute approximate surface area is 106 Å². The molecule has 0 unspecified atom stereocenters. The molecule has 0 aromatic carbocycles. The first-order chi connectivity index (χ1) is 8.69. The van der Waals surface area contributed by atoms with Crippen molar-refractivity contribution in [3.05, 3.63) is 12.2 Å². The predicted molar refractivity (Wildman–Crippen MR) is 62.4 cm³/mol. The molecule has 0 aromatic rings. The Morgan fingerprint density at radius 2 is 1.72 bits per heavy atom. The van der Waals surface area contributed by atoms with Crippen LogP contribution in [0.15, 0.2) is 12.2 Å². The Kier molecular flexibility index (Phi) is 4.01. The number of aliphatic hydroxyl groups is 1. The first-order valence-corrected chi connectivity index (χ1v) is 6.31. The molecule has 0 spiro atoms. The number of hydrogen-bond donors (Lipinski definition) is 1. The molecule has 2 bridgehead atoms. The van der Waals surface area contributed by atoms with Gasteiger partial charge in [0.2, 0.25) is 0 Å². The molecule has 0 radical (unpaired) electrons. The molecule has 1 fully saturated rings. The van der Waals surface area contributed by atoms with Crippen LogP contribution in [0.3, 0.4) is 0 Å². The second-order valence-electron chi connectivity index (χ2n) is 4.64. The smallest absolute Gasteiger partial charge is 0.310 e. The van der Waals surface area contributed by atoms with E-state index < -0.39 is 17.8 Å². The van der Waals surface area contributed by atoms with E-state index >= 15 is 0 Å². The molecule has 1 saturated carbocycles. The molecule has 5 heteroatoms. The van der Waals surface area contributed by atoms with Crippen LogP contribution in [0.4, 0.5) is 0 Å². The van der Waals surface area contributed by atoms with Crippen molar-refractivity contribution in [2.75, 3.05) is 19.8 Å². The molecule has 2 aliphatic carbocycles. The third kappa shape index (κ3) is 2.27. The van der Waals surface area contributed by atoms with Crippen LogP contribution in [0.1, 0.15) is 13.3 Å². The van der Waals surface area contributed by atoms with Gasteiger partial charge in [-0.1, -0.05) is 12.2 Å². The molecule has 5 nitrogen and oxygen atoms in total. The van der Waals surface area contributed by atoms with Crippen LogP contribution in [0.25, 0.3) is 0 Å². The number of rotatable bonds is 5. The van der Waals surface area contributed by atoms with Crippen molar-refractivity contribution in [1.29, 1.82) is 0 Å². The predicted octanol–water partition coefficient (Wildman–Crippen LogP) is 0.523. The number of ether oxygens (including phenoxy) is 2. The van der Waals surface area contributed by atoms with Crippen LogP contribution < -0.4 is 0 Å². The molecule has 2 rings (SSSR count). The van der Waals surface area contributed by atoms with E-state index in [4.69, 9.17) is 14.6 Å². The summed E-state index contributed by atoms with van der Waals surface area (Å²) in [6.45, 7) is 1.84. The van der Waals surface area contributed by atoms with Gasteiger partial charge < -0.3 is 14.6 Å². The van der Waals surface area contributed by atoms with Gasteiger partial charge in [-0.05, 0) is 25.2 Å². The van der Waals surface area contributed by atoms with E-state index in [2.05, 4.69) is 0 Å². The van der Waals surface area contributed by atoms with Crippen molar-refractivity contribution in [2.45, 2.75) is 13.3 Å². The third-order valence-electron chi connectivity index (χ3n) is 3.63. The molecule has 0 aliphatic heterocycles. The molecule has 1 N–H and O–H groups in total. The lowest BCUT2D eigenvalue weighted by Gasteiger charge is -2.24. The summed E-state index contributed by atoms with van der Waals surface area (Å²) in [5.41, 5.74) is 0. The molecule has 0 saturated heterocycles. The molecular weight excluding hydrogens is 236 g/mol. The van der Waals surface area contributed by atoms with Crippen LogP contribution in [-0.4, -0.2) is 36.9 Å². The topological polar surface area (TPSA) is 72.8 Å². The number of aliphatic hydroxyl groups excluding tert-OH is 1. The zero-order valence-electron chi connectivity index (χ0n) is 10.4. The van der Waals surface area contributed by atoms with Gasteiger partial charge in [0.25, 0.3) is 0 Å². The Hall–Kier alpha value is -1.36. The van der Waals surface area contributed by atoms with Crippen molar-refractivity contribution < 1.29 is 24.2 Å². The molecular formula is C13H18O5. The zero-order valence-corrected chi connectivity index (χ0v) is 10.4. The minimum atomic E-state index is -0.453. The van der Waals surface area contributed by atoms with Crippen LogP contribution in [-0.2, 0) is 19.1 Å². The standard InChI is InChI=1S/C13H18O5/c1-2-17-12(15)10-8-3-4-9(7-8)11(10)13(16)18-6-5-14/h3-4,8-11,14H,2,5-7H2,1H3/t8-,9+,10-,11-/m1/s1. The number of carbonyl (C=O) groups excluding carboxylic acids is 2. The fraction of sp³-hybridized carbons (Fsp3) is 0.692. The van der Waals surface area contributed by atoms with Crippen molar-refractivity contribution in [3.8, 4) is 0 Å². The Morgan fingerprint density at radius 1 is 1.17 bits per heavy atom. The molecule has 0 amide bonds. The number of fused-ring (bicyclic) bond motifs is 2. The average Bonchev–Trinajstić information content (AvgIpc) is 2.96. The normalized spacial score (nSPS) is 32.6. The highest BCUT2D eigenvalue weighted by molar-refractivity contribution is 5.84. The molecule has 2 aliphatic rings. The summed E-state index contributed by atoms with van der Waals surface area (Å²) >= 11 is 0. The van der Waals surface area contributed by atoms with Gasteiger partial charge in [-0.25, -0.2) is 0 Å². The summed E-state index contributed by atoms with van der Waals surface area (Å²) in [4.78, 5) is 23.8. The number of allylic oxidation sites excluding steroid dienone is 2. The van der Waals surface area contributed by atoms with Gasteiger partial charge in [0.1, 0.15) is 6.61 Å². The van der Waals surface area contributed by atoms with Gasteiger partial charge in [0.05, 0.1) is 25.0 Å². The third-order valence-corrected chi connectivity index (χ3v) is 3.63. The molecule has 4 atom stereocenters. The van der Waals surface area contributed by atoms with Gasteiger partial charge in [-0.15, -0.1) is 0 Å². The highest BCUT2D eigenvalue weighted by Crippen LogP contribution is 2.48. The van der Waals surface area contributed by atoms with Crippen molar-refractivity contribution >= 4 is 11.9 Å². The summed E-state index contributed by atoms with van der Waals surface area (Å²) in [6, 6.07) is 0. The second-order valence-corrected chi connectivity index (χ2v) is 4.64. The quantitative estimate of drug-likeness (QED) is 0.572. The van der Waals surface area contributed by atoms with E-state index in [9.17, 15) is 9.59 Å². The minimum Gasteiger partial charge on any atom is -0.466 e. The van der Waals surface area contributed by atoms with Crippen molar-refractivity contribution in [3.63, 3.8) is 0 Å². The van der Waals surface area contributed by atoms with Crippen LogP contribution in [0.2, 0.25) is 0 Å². The largest absolute Gasteiger partial charge is 0.466 e. The lowest BCUT2D eigenvalue weighted by molar-refractivity contribution is -0.161. The second kappa shape index (κ2) is 5.52. The highest BCUT2D eigenvalue weighted by Gasteiger charge is 2.52. The highest BCUT2D eigenvalue weighted by atomic mass is 16.5. The van der Waals surface area contributed by atoms with Gasteiger partial charge in [0, 0.05) is 0 Å². The maximum Gasteiger partial charge on any atom is 0.310 e. The Bertz CT molecular complexity index is 362. The lowest BCUT2D eigenvalue weighted by Crippen LogP contribution is -2.35. The molecule has 0 heterocycles. The maximum atomic E-state index is 11.9.